The van der Waals surface area contributed by atoms with E-state index in [1.807, 2.05) is 70.2 Å². The smallest absolute Gasteiger partial charge is 0.356 e. The van der Waals surface area contributed by atoms with Crippen LogP contribution in [0.1, 0.15) is 54.0 Å². The molecule has 2 heterocycles. The number of nitrogens with one attached hydrogen (secondary N) is 1. The number of hydrogen-bond donors (Lipinski definition) is 2. The van der Waals surface area contributed by atoms with Crippen molar-refractivity contribution in [2.45, 2.75) is 40.7 Å². The summed E-state index contributed by atoms with van der Waals surface area (Å²) in [5, 5.41) is 13.3. The summed E-state index contributed by atoms with van der Waals surface area (Å²) in [5.74, 6) is -0.676. The lowest BCUT2D eigenvalue weighted by Gasteiger charge is -2.19. The van der Waals surface area contributed by atoms with Crippen molar-refractivity contribution in [2.75, 3.05) is 5.32 Å². The van der Waals surface area contributed by atoms with Gasteiger partial charge in [0.05, 0.1) is 17.1 Å². The van der Waals surface area contributed by atoms with Crippen LogP contribution in [0.2, 0.25) is 5.15 Å². The number of anilines is 1. The predicted octanol–water partition coefficient (Wildman–Crippen LogP) is 7.02. The lowest BCUT2D eigenvalue weighted by molar-refractivity contribution is 0.0691. The van der Waals surface area contributed by atoms with Crippen LogP contribution in [0.15, 0.2) is 63.8 Å². The minimum atomic E-state index is -1.19. The van der Waals surface area contributed by atoms with Crippen LogP contribution in [0.5, 0.6) is 0 Å². The summed E-state index contributed by atoms with van der Waals surface area (Å²) in [4.78, 5) is 28.7. The molecule has 7 heteroatoms. The fraction of sp³-hybridized carbons (Fsp3) is 0.222. The molecule has 0 amide bonds. The summed E-state index contributed by atoms with van der Waals surface area (Å²) in [6, 6.07) is 15.9. The minimum absolute atomic E-state index is 0.0931. The Labute approximate surface area is 203 Å². The maximum Gasteiger partial charge on any atom is 0.356 e. The molecule has 0 fully saturated rings. The van der Waals surface area contributed by atoms with Crippen LogP contribution in [0.25, 0.3) is 22.3 Å². The quantitative estimate of drug-likeness (QED) is 0.299. The zero-order valence-electron chi connectivity index (χ0n) is 19.8. The number of carboxylic acid groups (broad SMARTS) is 1. The van der Waals surface area contributed by atoms with Gasteiger partial charge in [0.1, 0.15) is 16.5 Å². The molecule has 0 bridgehead atoms. The molecule has 0 radical (unpaired) electrons. The topological polar surface area (TPSA) is 92.4 Å². The number of hydrogen-bond acceptors (Lipinski definition) is 5. The fourth-order valence-electron chi connectivity index (χ4n) is 3.78. The molecule has 4 aromatic rings. The van der Waals surface area contributed by atoms with Gasteiger partial charge in [-0.1, -0.05) is 61.8 Å². The van der Waals surface area contributed by atoms with Crippen LogP contribution in [-0.4, -0.2) is 16.1 Å². The predicted molar refractivity (Wildman–Crippen MR) is 137 cm³/mol. The molecule has 6 nitrogen and oxygen atoms in total. The van der Waals surface area contributed by atoms with Crippen LogP contribution >= 0.6 is 11.6 Å². The van der Waals surface area contributed by atoms with E-state index in [1.165, 1.54) is 6.07 Å². The van der Waals surface area contributed by atoms with Gasteiger partial charge in [0, 0.05) is 16.7 Å². The molecule has 4 rings (SSSR count). The van der Waals surface area contributed by atoms with E-state index in [1.54, 1.807) is 13.0 Å². The van der Waals surface area contributed by atoms with Crippen LogP contribution < -0.4 is 10.7 Å². The number of carboxylic acids is 1. The van der Waals surface area contributed by atoms with E-state index in [0.29, 0.717) is 28.0 Å². The largest absolute Gasteiger partial charge is 0.476 e. The zero-order valence-corrected chi connectivity index (χ0v) is 20.5. The third-order valence-corrected chi connectivity index (χ3v) is 5.54. The van der Waals surface area contributed by atoms with Gasteiger partial charge in [-0.05, 0) is 44.5 Å². The molecular formula is C27H27ClN2O4. The third kappa shape index (κ3) is 4.97. The first-order valence-electron chi connectivity index (χ1n) is 11.1. The van der Waals surface area contributed by atoms with E-state index in [0.717, 1.165) is 16.7 Å². The molecule has 34 heavy (non-hydrogen) atoms. The van der Waals surface area contributed by atoms with Gasteiger partial charge in [0.2, 0.25) is 0 Å². The van der Waals surface area contributed by atoms with Gasteiger partial charge in [-0.15, -0.1) is 0 Å². The third-order valence-electron chi connectivity index (χ3n) is 5.33. The molecule has 0 aliphatic carbocycles. The number of halogens is 1. The molecule has 0 saturated carbocycles. The van der Waals surface area contributed by atoms with Gasteiger partial charge >= 0.3 is 5.97 Å². The first-order valence-corrected chi connectivity index (χ1v) is 11.4. The van der Waals surface area contributed by atoms with E-state index in [-0.39, 0.29) is 22.3 Å². The van der Waals surface area contributed by atoms with E-state index >= 15 is 0 Å². The molecule has 176 valence electrons. The lowest BCUT2D eigenvalue weighted by Crippen LogP contribution is -2.14. The molecule has 2 aromatic carbocycles. The number of aromatic nitrogens is 1. The Morgan fingerprint density at radius 2 is 1.76 bits per heavy atom. The highest BCUT2D eigenvalue weighted by molar-refractivity contribution is 6.29. The van der Waals surface area contributed by atoms with Crippen LogP contribution in [0.4, 0.5) is 5.69 Å². The van der Waals surface area contributed by atoms with E-state index in [4.69, 9.17) is 16.0 Å². The molecule has 1 unspecified atom stereocenters. The fourth-order valence-corrected chi connectivity index (χ4v) is 3.93. The Morgan fingerprint density at radius 3 is 2.41 bits per heavy atom. The molecule has 0 spiro atoms. The second-order valence-electron chi connectivity index (χ2n) is 7.68. The first-order chi connectivity index (χ1) is 16.3. The molecule has 0 aliphatic heterocycles. The van der Waals surface area contributed by atoms with Gasteiger partial charge in [0.25, 0.3) is 0 Å². The molecule has 2 aromatic heterocycles. The number of fused-ring (bicyclic) bond motifs is 1. The maximum atomic E-state index is 13.2. The highest BCUT2D eigenvalue weighted by Crippen LogP contribution is 2.32. The molecular weight excluding hydrogens is 452 g/mol. The number of pyridine rings is 1. The van der Waals surface area contributed by atoms with Crippen LogP contribution in [0, 0.1) is 13.8 Å². The van der Waals surface area contributed by atoms with Crippen LogP contribution in [-0.2, 0) is 0 Å². The SMILES string of the molecule is CC.Cc1cc(C(C)Nc2ccc(Cl)nc2C(=O)O)c2oc(-c3ccccc3)c(C)c(=O)c2c1. The summed E-state index contributed by atoms with van der Waals surface area (Å²) in [6.07, 6.45) is 0. The van der Waals surface area contributed by atoms with Crippen molar-refractivity contribution in [3.8, 4) is 11.3 Å². The Hall–Kier alpha value is -3.64. The summed E-state index contributed by atoms with van der Waals surface area (Å²) in [6.45, 7) is 9.54. The normalized spacial score (nSPS) is 11.5. The average Bonchev–Trinajstić information content (AvgIpc) is 2.84. The summed E-state index contributed by atoms with van der Waals surface area (Å²) in [7, 11) is 0. The van der Waals surface area contributed by atoms with Crippen molar-refractivity contribution in [1.82, 2.24) is 4.98 Å². The van der Waals surface area contributed by atoms with E-state index < -0.39 is 5.97 Å². The second-order valence-corrected chi connectivity index (χ2v) is 8.07. The Balaban J connectivity index is 0.00000158. The van der Waals surface area contributed by atoms with Crippen LogP contribution in [0.3, 0.4) is 0 Å². The van der Waals surface area contributed by atoms with Crippen molar-refractivity contribution in [1.29, 1.82) is 0 Å². The number of aromatic carboxylic acids is 1. The summed E-state index contributed by atoms with van der Waals surface area (Å²) >= 11 is 5.87. The number of nitrogens with zero attached hydrogens (tertiary/aromatic N) is 1. The van der Waals surface area contributed by atoms with Crippen molar-refractivity contribution < 1.29 is 14.3 Å². The van der Waals surface area contributed by atoms with Crippen molar-refractivity contribution in [2.24, 2.45) is 0 Å². The highest BCUT2D eigenvalue weighted by atomic mass is 35.5. The Morgan fingerprint density at radius 1 is 1.09 bits per heavy atom. The first kappa shape index (κ1) is 25.0. The van der Waals surface area contributed by atoms with Gasteiger partial charge < -0.3 is 14.8 Å². The van der Waals surface area contributed by atoms with Gasteiger partial charge in [-0.3, -0.25) is 4.79 Å². The summed E-state index contributed by atoms with van der Waals surface area (Å²) < 4.78 is 6.31. The van der Waals surface area contributed by atoms with Crippen molar-refractivity contribution in [3.05, 3.63) is 92.4 Å². The number of aryl methyl sites for hydroxylation is 1. The monoisotopic (exact) mass is 478 g/mol. The minimum Gasteiger partial charge on any atom is -0.476 e. The van der Waals surface area contributed by atoms with Crippen molar-refractivity contribution >= 4 is 34.2 Å². The highest BCUT2D eigenvalue weighted by Gasteiger charge is 2.21. The summed E-state index contributed by atoms with van der Waals surface area (Å²) in [5.41, 5.74) is 3.49. The second kappa shape index (κ2) is 10.5. The molecule has 0 aliphatic rings. The number of rotatable bonds is 5. The van der Waals surface area contributed by atoms with Gasteiger partial charge in [-0.25, -0.2) is 9.78 Å². The zero-order chi connectivity index (χ0) is 25.0. The molecule has 2 N–H and O–H groups in total. The van der Waals surface area contributed by atoms with Gasteiger partial charge in [0.15, 0.2) is 11.1 Å². The number of benzene rings is 2. The van der Waals surface area contributed by atoms with E-state index in [2.05, 4.69) is 10.3 Å². The Kier molecular flexibility index (Phi) is 7.74. The maximum absolute atomic E-state index is 13.2. The lowest BCUT2D eigenvalue weighted by atomic mass is 9.98. The Bertz CT molecular complexity index is 1400. The standard InChI is InChI=1S/C25H21ClN2O4.C2H6/c1-13-11-17(15(3)27-19-9-10-20(26)28-21(19)25(30)31)24-18(12-13)22(29)14(2)23(32-24)16-7-5-4-6-8-16;1-2/h4-12,15,27H,1-3H3,(H,30,31);1-2H3. The van der Waals surface area contributed by atoms with E-state index in [9.17, 15) is 14.7 Å². The molecule has 1 atom stereocenters. The number of carbonyl (C=O) groups is 1. The van der Waals surface area contributed by atoms with Crippen molar-refractivity contribution in [3.63, 3.8) is 0 Å². The van der Waals surface area contributed by atoms with Gasteiger partial charge in [-0.2, -0.15) is 0 Å². The average molecular weight is 479 g/mol. The molecule has 0 saturated heterocycles.